The third kappa shape index (κ3) is 8.64. The lowest BCUT2D eigenvalue weighted by Gasteiger charge is -2.30. The van der Waals surface area contributed by atoms with Gasteiger partial charge in [-0.3, -0.25) is 13.9 Å². The van der Waals surface area contributed by atoms with Crippen LogP contribution < -0.4 is 9.62 Å². The van der Waals surface area contributed by atoms with Crippen LogP contribution in [-0.2, 0) is 26.2 Å². The standard InChI is InChI=1S/C25H32Cl2FN3O4S/c1-17(2)15-29-25(33)18(3)30(16-19-11-12-20(26)14-21(19)27)24(32)10-7-13-31(36(4,34)35)23-9-6-5-8-22(23)28/h5-6,8-9,11-12,14,17-18H,7,10,13,15-16H2,1-4H3,(H,29,33). The third-order valence-electron chi connectivity index (χ3n) is 5.48. The number of para-hydroxylation sites is 1. The summed E-state index contributed by atoms with van der Waals surface area (Å²) in [6.07, 6.45) is 1.04. The summed E-state index contributed by atoms with van der Waals surface area (Å²) >= 11 is 12.3. The first kappa shape index (κ1) is 29.9. The van der Waals surface area contributed by atoms with Gasteiger partial charge in [-0.2, -0.15) is 0 Å². The number of rotatable bonds is 12. The molecule has 1 unspecified atom stereocenters. The van der Waals surface area contributed by atoms with Crippen LogP contribution in [0, 0.1) is 11.7 Å². The highest BCUT2D eigenvalue weighted by molar-refractivity contribution is 7.92. The van der Waals surface area contributed by atoms with Gasteiger partial charge in [-0.15, -0.1) is 0 Å². The Kier molecular flexibility index (Phi) is 11.0. The molecule has 7 nitrogen and oxygen atoms in total. The van der Waals surface area contributed by atoms with Crippen molar-refractivity contribution in [3.05, 3.63) is 63.9 Å². The molecule has 198 valence electrons. The van der Waals surface area contributed by atoms with Crippen molar-refractivity contribution < 1.29 is 22.4 Å². The van der Waals surface area contributed by atoms with E-state index in [4.69, 9.17) is 23.2 Å². The number of carbonyl (C=O) groups is 2. The van der Waals surface area contributed by atoms with Gasteiger partial charge in [-0.25, -0.2) is 12.8 Å². The number of halogens is 3. The molecule has 2 rings (SSSR count). The Morgan fingerprint density at radius 3 is 2.33 bits per heavy atom. The normalized spacial score (nSPS) is 12.3. The molecule has 0 fully saturated rings. The van der Waals surface area contributed by atoms with Crippen LogP contribution >= 0.6 is 23.2 Å². The van der Waals surface area contributed by atoms with E-state index in [0.29, 0.717) is 22.2 Å². The van der Waals surface area contributed by atoms with Crippen LogP contribution in [-0.4, -0.2) is 50.5 Å². The number of hydrogen-bond acceptors (Lipinski definition) is 4. The maximum absolute atomic E-state index is 14.3. The summed E-state index contributed by atoms with van der Waals surface area (Å²) < 4.78 is 39.8. The minimum atomic E-state index is -3.79. The van der Waals surface area contributed by atoms with E-state index in [-0.39, 0.29) is 49.4 Å². The molecular formula is C25H32Cl2FN3O4S. The molecular weight excluding hydrogens is 528 g/mol. The molecule has 36 heavy (non-hydrogen) atoms. The number of benzene rings is 2. The van der Waals surface area contributed by atoms with E-state index in [9.17, 15) is 22.4 Å². The van der Waals surface area contributed by atoms with Gasteiger partial charge < -0.3 is 10.2 Å². The summed E-state index contributed by atoms with van der Waals surface area (Å²) in [6.45, 7) is 5.97. The van der Waals surface area contributed by atoms with Gasteiger partial charge in [0.2, 0.25) is 21.8 Å². The van der Waals surface area contributed by atoms with E-state index in [1.165, 1.54) is 29.2 Å². The summed E-state index contributed by atoms with van der Waals surface area (Å²) in [4.78, 5) is 27.5. The summed E-state index contributed by atoms with van der Waals surface area (Å²) in [5.74, 6) is -1.12. The van der Waals surface area contributed by atoms with Gasteiger partial charge in [0.15, 0.2) is 0 Å². The van der Waals surface area contributed by atoms with Crippen LogP contribution in [0.1, 0.15) is 39.2 Å². The van der Waals surface area contributed by atoms with E-state index in [1.54, 1.807) is 25.1 Å². The van der Waals surface area contributed by atoms with E-state index < -0.39 is 21.9 Å². The zero-order valence-corrected chi connectivity index (χ0v) is 23.1. The largest absolute Gasteiger partial charge is 0.354 e. The molecule has 0 aromatic heterocycles. The van der Waals surface area contributed by atoms with Crippen molar-refractivity contribution in [2.24, 2.45) is 5.92 Å². The summed E-state index contributed by atoms with van der Waals surface area (Å²) in [7, 11) is -3.79. The van der Waals surface area contributed by atoms with Gasteiger partial charge >= 0.3 is 0 Å². The molecule has 0 aliphatic rings. The van der Waals surface area contributed by atoms with Crippen LogP contribution in [0.25, 0.3) is 0 Å². The second kappa shape index (κ2) is 13.3. The van der Waals surface area contributed by atoms with Crippen molar-refractivity contribution in [1.82, 2.24) is 10.2 Å². The molecule has 0 radical (unpaired) electrons. The Balaban J connectivity index is 2.21. The smallest absolute Gasteiger partial charge is 0.242 e. The highest BCUT2D eigenvalue weighted by Gasteiger charge is 2.27. The van der Waals surface area contributed by atoms with Gasteiger partial charge in [0.05, 0.1) is 11.9 Å². The summed E-state index contributed by atoms with van der Waals surface area (Å²) in [6, 6.07) is 9.64. The highest BCUT2D eigenvalue weighted by atomic mass is 35.5. The lowest BCUT2D eigenvalue weighted by Crippen LogP contribution is -2.48. The number of nitrogens with one attached hydrogen (secondary N) is 1. The monoisotopic (exact) mass is 559 g/mol. The number of anilines is 1. The molecule has 1 N–H and O–H groups in total. The number of sulfonamides is 1. The SMILES string of the molecule is CC(C)CNC(=O)C(C)N(Cc1ccc(Cl)cc1Cl)C(=O)CCCN(c1ccccc1F)S(C)(=O)=O. The molecule has 0 saturated carbocycles. The third-order valence-corrected chi connectivity index (χ3v) is 7.25. The van der Waals surface area contributed by atoms with Crippen LogP contribution in [0.3, 0.4) is 0 Å². The Bertz CT molecular complexity index is 1180. The van der Waals surface area contributed by atoms with Crippen molar-refractivity contribution in [2.45, 2.75) is 46.2 Å². The molecule has 11 heteroatoms. The van der Waals surface area contributed by atoms with Gasteiger partial charge in [-0.05, 0) is 49.1 Å². The van der Waals surface area contributed by atoms with Gasteiger partial charge in [0.25, 0.3) is 0 Å². The molecule has 2 amide bonds. The predicted molar refractivity (Wildman–Crippen MR) is 142 cm³/mol. The predicted octanol–water partition coefficient (Wildman–Crippen LogP) is 4.87. The first-order chi connectivity index (χ1) is 16.8. The molecule has 0 heterocycles. The zero-order chi connectivity index (χ0) is 27.0. The molecule has 0 saturated heterocycles. The van der Waals surface area contributed by atoms with Crippen molar-refractivity contribution in [2.75, 3.05) is 23.7 Å². The van der Waals surface area contributed by atoms with Crippen LogP contribution in [0.5, 0.6) is 0 Å². The van der Waals surface area contributed by atoms with E-state index in [2.05, 4.69) is 5.32 Å². The van der Waals surface area contributed by atoms with Crippen molar-refractivity contribution >= 4 is 50.7 Å². The average molecular weight is 561 g/mol. The average Bonchev–Trinajstić information content (AvgIpc) is 2.79. The van der Waals surface area contributed by atoms with E-state index in [1.807, 2.05) is 13.8 Å². The molecule has 0 spiro atoms. The van der Waals surface area contributed by atoms with Crippen LogP contribution in [0.15, 0.2) is 42.5 Å². The van der Waals surface area contributed by atoms with Crippen molar-refractivity contribution in [1.29, 1.82) is 0 Å². The maximum Gasteiger partial charge on any atom is 0.242 e. The van der Waals surface area contributed by atoms with E-state index >= 15 is 0 Å². The number of carbonyl (C=O) groups excluding carboxylic acids is 2. The minimum absolute atomic E-state index is 0.0620. The molecule has 0 aliphatic heterocycles. The first-order valence-corrected chi connectivity index (χ1v) is 14.1. The second-order valence-electron chi connectivity index (χ2n) is 8.96. The Morgan fingerprint density at radius 2 is 1.75 bits per heavy atom. The maximum atomic E-state index is 14.3. The van der Waals surface area contributed by atoms with Gasteiger partial charge in [-0.1, -0.05) is 55.2 Å². The van der Waals surface area contributed by atoms with Crippen LogP contribution in [0.4, 0.5) is 10.1 Å². The minimum Gasteiger partial charge on any atom is -0.354 e. The molecule has 0 bridgehead atoms. The Morgan fingerprint density at radius 1 is 1.08 bits per heavy atom. The Hall–Kier alpha value is -2.36. The summed E-state index contributed by atoms with van der Waals surface area (Å²) in [5, 5.41) is 3.63. The highest BCUT2D eigenvalue weighted by Crippen LogP contribution is 2.25. The fourth-order valence-corrected chi connectivity index (χ4v) is 4.94. The van der Waals surface area contributed by atoms with Gasteiger partial charge in [0.1, 0.15) is 11.9 Å². The fourth-order valence-electron chi connectivity index (χ4n) is 3.50. The zero-order valence-electron chi connectivity index (χ0n) is 20.8. The fraction of sp³-hybridized carbons (Fsp3) is 0.440. The first-order valence-electron chi connectivity index (χ1n) is 11.5. The molecule has 2 aromatic rings. The van der Waals surface area contributed by atoms with Crippen LogP contribution in [0.2, 0.25) is 10.0 Å². The molecule has 2 aromatic carbocycles. The lowest BCUT2D eigenvalue weighted by atomic mass is 10.1. The lowest BCUT2D eigenvalue weighted by molar-refractivity contribution is -0.140. The van der Waals surface area contributed by atoms with E-state index in [0.717, 1.165) is 10.6 Å². The number of nitrogens with zero attached hydrogens (tertiary/aromatic N) is 2. The number of hydrogen-bond donors (Lipinski definition) is 1. The number of amides is 2. The van der Waals surface area contributed by atoms with Crippen molar-refractivity contribution in [3.63, 3.8) is 0 Å². The van der Waals surface area contributed by atoms with Crippen molar-refractivity contribution in [3.8, 4) is 0 Å². The molecule has 1 atom stereocenters. The quantitative estimate of drug-likeness (QED) is 0.402. The summed E-state index contributed by atoms with van der Waals surface area (Å²) in [5.41, 5.74) is 0.528. The molecule has 0 aliphatic carbocycles. The topological polar surface area (TPSA) is 86.8 Å². The second-order valence-corrected chi connectivity index (χ2v) is 11.7. The Labute approximate surface area is 222 Å². The van der Waals surface area contributed by atoms with Gasteiger partial charge in [0, 0.05) is 36.1 Å².